The number of aryl methyl sites for hydroxylation is 1. The summed E-state index contributed by atoms with van der Waals surface area (Å²) in [5.74, 6) is 1.61. The number of rotatable bonds is 2. The van der Waals surface area contributed by atoms with Crippen molar-refractivity contribution in [1.29, 1.82) is 0 Å². The first kappa shape index (κ1) is 18.1. The van der Waals surface area contributed by atoms with E-state index in [0.29, 0.717) is 17.6 Å². The second-order valence-corrected chi connectivity index (χ2v) is 8.02. The van der Waals surface area contributed by atoms with E-state index < -0.39 is 0 Å². The molecule has 4 heterocycles. The highest BCUT2D eigenvalue weighted by Crippen LogP contribution is 2.34. The van der Waals surface area contributed by atoms with Crippen molar-refractivity contribution in [2.75, 3.05) is 5.32 Å². The standard InChI is InChI=1S/C21H24N6O2/c1-12-23-11-19(29-12)13-5-6-14-10-24-20(25-18(14)7-13)26-21(28)27-16-3-2-4-17(27)9-15(22)8-16/h5-7,10-11,15-17H,2-4,8-9,22H2,1H3,(H,24,25,26,28)/t15?,16-,17?/m0/s1. The number of carbonyl (C=O) groups excluding carboxylic acids is 1. The molecule has 3 N–H and O–H groups in total. The Hall–Kier alpha value is -3.00. The molecule has 8 nitrogen and oxygen atoms in total. The fraction of sp³-hybridized carbons (Fsp3) is 0.429. The van der Waals surface area contributed by atoms with Gasteiger partial charge in [-0.1, -0.05) is 12.1 Å². The SMILES string of the molecule is Cc1ncc(-c2ccc3cnc(NC(=O)N4C5CCC[C@H]4CC(N)C5)nc3c2)o1. The summed E-state index contributed by atoms with van der Waals surface area (Å²) in [6, 6.07) is 6.27. The summed E-state index contributed by atoms with van der Waals surface area (Å²) in [4.78, 5) is 28.0. The van der Waals surface area contributed by atoms with Gasteiger partial charge in [-0.2, -0.15) is 0 Å². The van der Waals surface area contributed by atoms with Crippen LogP contribution >= 0.6 is 0 Å². The zero-order valence-corrected chi connectivity index (χ0v) is 16.3. The van der Waals surface area contributed by atoms with Crippen molar-refractivity contribution in [1.82, 2.24) is 19.9 Å². The van der Waals surface area contributed by atoms with E-state index in [1.807, 2.05) is 30.0 Å². The summed E-state index contributed by atoms with van der Waals surface area (Å²) >= 11 is 0. The van der Waals surface area contributed by atoms with Crippen LogP contribution in [0.4, 0.5) is 10.7 Å². The zero-order valence-electron chi connectivity index (χ0n) is 16.3. The van der Waals surface area contributed by atoms with Crippen LogP contribution in [-0.4, -0.2) is 44.0 Å². The quantitative estimate of drug-likeness (QED) is 0.691. The number of anilines is 1. The number of fused-ring (bicyclic) bond motifs is 3. The molecule has 2 aliphatic heterocycles. The van der Waals surface area contributed by atoms with E-state index in [4.69, 9.17) is 10.2 Å². The van der Waals surface area contributed by atoms with Gasteiger partial charge in [0.05, 0.1) is 11.7 Å². The fourth-order valence-electron chi connectivity index (χ4n) is 4.65. The predicted molar refractivity (Wildman–Crippen MR) is 109 cm³/mol. The van der Waals surface area contributed by atoms with E-state index in [0.717, 1.165) is 48.6 Å². The fourth-order valence-corrected chi connectivity index (χ4v) is 4.65. The molecule has 2 bridgehead atoms. The van der Waals surface area contributed by atoms with E-state index in [1.165, 1.54) is 0 Å². The van der Waals surface area contributed by atoms with Crippen LogP contribution in [-0.2, 0) is 0 Å². The van der Waals surface area contributed by atoms with Gasteiger partial charge in [-0.25, -0.2) is 19.7 Å². The molecule has 3 aromatic rings. The molecular formula is C21H24N6O2. The number of nitrogens with one attached hydrogen (secondary N) is 1. The first-order valence-corrected chi connectivity index (χ1v) is 10.1. The number of urea groups is 1. The zero-order chi connectivity index (χ0) is 20.0. The third kappa shape index (κ3) is 3.44. The Morgan fingerprint density at radius 1 is 1.21 bits per heavy atom. The third-order valence-corrected chi connectivity index (χ3v) is 5.95. The minimum atomic E-state index is -0.132. The molecule has 2 amide bonds. The average Bonchev–Trinajstić information content (AvgIpc) is 3.13. The normalized spacial score (nSPS) is 23.9. The number of nitrogens with two attached hydrogens (primary N) is 1. The van der Waals surface area contributed by atoms with Crippen LogP contribution in [0.5, 0.6) is 0 Å². The maximum atomic E-state index is 13.0. The van der Waals surface area contributed by atoms with E-state index in [9.17, 15) is 4.79 Å². The highest BCUT2D eigenvalue weighted by atomic mass is 16.4. The number of piperidine rings is 2. The van der Waals surface area contributed by atoms with E-state index >= 15 is 0 Å². The molecule has 2 saturated heterocycles. The summed E-state index contributed by atoms with van der Waals surface area (Å²) in [5, 5.41) is 3.79. The van der Waals surface area contributed by atoms with Crippen molar-refractivity contribution < 1.29 is 9.21 Å². The Labute approximate surface area is 168 Å². The molecule has 1 aromatic carbocycles. The van der Waals surface area contributed by atoms with Crippen molar-refractivity contribution in [3.05, 3.63) is 36.5 Å². The Morgan fingerprint density at radius 3 is 2.72 bits per heavy atom. The number of aromatic nitrogens is 3. The Balaban J connectivity index is 1.39. The number of hydrogen-bond acceptors (Lipinski definition) is 6. The highest BCUT2D eigenvalue weighted by Gasteiger charge is 2.40. The molecule has 150 valence electrons. The average molecular weight is 392 g/mol. The van der Waals surface area contributed by atoms with Gasteiger partial charge in [-0.3, -0.25) is 5.32 Å². The number of carbonyl (C=O) groups is 1. The van der Waals surface area contributed by atoms with Gasteiger partial charge in [-0.15, -0.1) is 0 Å². The summed E-state index contributed by atoms with van der Waals surface area (Å²) in [5.41, 5.74) is 7.79. The minimum absolute atomic E-state index is 0.132. The minimum Gasteiger partial charge on any atom is -0.441 e. The number of oxazole rings is 1. The van der Waals surface area contributed by atoms with Gasteiger partial charge >= 0.3 is 6.03 Å². The lowest BCUT2D eigenvalue weighted by Gasteiger charge is -2.47. The Morgan fingerprint density at radius 2 is 2.00 bits per heavy atom. The van der Waals surface area contributed by atoms with Crippen LogP contribution in [0.2, 0.25) is 0 Å². The van der Waals surface area contributed by atoms with Crippen LogP contribution in [0.3, 0.4) is 0 Å². The molecule has 3 atom stereocenters. The van der Waals surface area contributed by atoms with Crippen LogP contribution in [0.1, 0.15) is 38.0 Å². The summed E-state index contributed by atoms with van der Waals surface area (Å²) in [6.45, 7) is 1.81. The maximum Gasteiger partial charge on any atom is 0.324 e. The first-order valence-electron chi connectivity index (χ1n) is 10.1. The lowest BCUT2D eigenvalue weighted by Crippen LogP contribution is -2.58. The summed E-state index contributed by atoms with van der Waals surface area (Å²) < 4.78 is 5.60. The molecule has 0 spiro atoms. The molecule has 2 aliphatic rings. The number of benzene rings is 1. The van der Waals surface area contributed by atoms with Gasteiger partial charge in [0.1, 0.15) is 0 Å². The predicted octanol–water partition coefficient (Wildman–Crippen LogP) is 3.47. The van der Waals surface area contributed by atoms with Crippen molar-refractivity contribution in [3.63, 3.8) is 0 Å². The molecule has 2 fully saturated rings. The van der Waals surface area contributed by atoms with Gasteiger partial charge in [0, 0.05) is 42.2 Å². The highest BCUT2D eigenvalue weighted by molar-refractivity contribution is 5.90. The molecular weight excluding hydrogens is 368 g/mol. The van der Waals surface area contributed by atoms with Gasteiger partial charge in [-0.05, 0) is 38.2 Å². The van der Waals surface area contributed by atoms with E-state index in [-0.39, 0.29) is 24.2 Å². The van der Waals surface area contributed by atoms with Crippen molar-refractivity contribution in [2.24, 2.45) is 5.73 Å². The van der Waals surface area contributed by atoms with Crippen LogP contribution < -0.4 is 11.1 Å². The van der Waals surface area contributed by atoms with Gasteiger partial charge in [0.15, 0.2) is 11.7 Å². The van der Waals surface area contributed by atoms with Crippen molar-refractivity contribution in [2.45, 2.75) is 57.2 Å². The number of amides is 2. The molecule has 0 saturated carbocycles. The Kier molecular flexibility index (Phi) is 4.43. The van der Waals surface area contributed by atoms with Crippen LogP contribution in [0, 0.1) is 6.92 Å². The lowest BCUT2D eigenvalue weighted by molar-refractivity contribution is 0.0691. The molecule has 2 unspecified atom stereocenters. The Bertz CT molecular complexity index is 1050. The molecule has 29 heavy (non-hydrogen) atoms. The van der Waals surface area contributed by atoms with Crippen molar-refractivity contribution >= 4 is 22.9 Å². The molecule has 0 radical (unpaired) electrons. The molecule has 8 heteroatoms. The van der Waals surface area contributed by atoms with Gasteiger partial charge in [0.2, 0.25) is 5.95 Å². The molecule has 2 aromatic heterocycles. The molecule has 5 rings (SSSR count). The smallest absolute Gasteiger partial charge is 0.324 e. The second kappa shape index (κ2) is 7.11. The van der Waals surface area contributed by atoms with Gasteiger partial charge in [0.25, 0.3) is 0 Å². The second-order valence-electron chi connectivity index (χ2n) is 8.02. The largest absolute Gasteiger partial charge is 0.441 e. The summed E-state index contributed by atoms with van der Waals surface area (Å²) in [6.07, 6.45) is 8.32. The number of nitrogens with zero attached hydrogens (tertiary/aromatic N) is 4. The van der Waals surface area contributed by atoms with Crippen LogP contribution in [0.25, 0.3) is 22.2 Å². The molecule has 0 aliphatic carbocycles. The van der Waals surface area contributed by atoms with Crippen LogP contribution in [0.15, 0.2) is 35.0 Å². The number of hydrogen-bond donors (Lipinski definition) is 2. The maximum absolute atomic E-state index is 13.0. The third-order valence-electron chi connectivity index (χ3n) is 5.95. The lowest BCUT2D eigenvalue weighted by atomic mass is 9.82. The van der Waals surface area contributed by atoms with E-state index in [2.05, 4.69) is 20.3 Å². The first-order chi connectivity index (χ1) is 14.1. The monoisotopic (exact) mass is 392 g/mol. The summed E-state index contributed by atoms with van der Waals surface area (Å²) in [7, 11) is 0. The van der Waals surface area contributed by atoms with Gasteiger partial charge < -0.3 is 15.1 Å². The van der Waals surface area contributed by atoms with Crippen molar-refractivity contribution in [3.8, 4) is 11.3 Å². The van der Waals surface area contributed by atoms with E-state index in [1.54, 1.807) is 12.4 Å². The topological polar surface area (TPSA) is 110 Å².